The van der Waals surface area contributed by atoms with Gasteiger partial charge in [0.1, 0.15) is 0 Å². The van der Waals surface area contributed by atoms with Crippen LogP contribution in [0.4, 0.5) is 5.69 Å². The molecule has 4 aromatic rings. The van der Waals surface area contributed by atoms with Crippen molar-refractivity contribution >= 4 is 33.4 Å². The third kappa shape index (κ3) is 6.20. The van der Waals surface area contributed by atoms with Gasteiger partial charge in [0, 0.05) is 39.1 Å². The molecule has 0 unspecified atom stereocenters. The molecule has 0 fully saturated rings. The lowest BCUT2D eigenvalue weighted by atomic mass is 9.91. The molecule has 0 saturated carbocycles. The first-order valence-corrected chi connectivity index (χ1v) is 12.1. The number of terminal acetylenes is 1. The summed E-state index contributed by atoms with van der Waals surface area (Å²) < 4.78 is 1.54. The summed E-state index contributed by atoms with van der Waals surface area (Å²) in [5.41, 5.74) is 4.02. The average Bonchev–Trinajstić information content (AvgIpc) is 2.80. The number of nitrogens with one attached hydrogen (secondary N) is 1. The Morgan fingerprint density at radius 2 is 1.69 bits per heavy atom. The van der Waals surface area contributed by atoms with Gasteiger partial charge in [-0.05, 0) is 36.8 Å². The SMILES string of the molecule is C#CCn1c(=O)cc(C)c2ccc(NC(=O)C(C)(C)C)cc21.CC(C)(C)c1ccc2ccccc2n1. The predicted octanol–water partition coefficient (Wildman–Crippen LogP) is 6.46. The molecule has 0 bridgehead atoms. The van der Waals surface area contributed by atoms with Crippen molar-refractivity contribution in [3.63, 3.8) is 0 Å². The molecule has 2 aromatic carbocycles. The highest BCUT2D eigenvalue weighted by Crippen LogP contribution is 2.24. The fourth-order valence-corrected chi connectivity index (χ4v) is 3.68. The maximum Gasteiger partial charge on any atom is 0.252 e. The molecule has 5 nitrogen and oxygen atoms in total. The molecule has 2 heterocycles. The first kappa shape index (κ1) is 26.7. The molecular weight excluding hydrogens is 446 g/mol. The smallest absolute Gasteiger partial charge is 0.252 e. The summed E-state index contributed by atoms with van der Waals surface area (Å²) in [6.45, 7) is 14.2. The summed E-state index contributed by atoms with van der Waals surface area (Å²) >= 11 is 0. The number of fused-ring (bicyclic) bond motifs is 2. The number of amides is 1. The van der Waals surface area contributed by atoms with Crippen molar-refractivity contribution in [3.05, 3.63) is 82.3 Å². The molecule has 1 N–H and O–H groups in total. The molecule has 0 radical (unpaired) electrons. The van der Waals surface area contributed by atoms with Gasteiger partial charge in [0.2, 0.25) is 5.91 Å². The molecule has 0 atom stereocenters. The van der Waals surface area contributed by atoms with E-state index in [2.05, 4.69) is 61.3 Å². The number of benzene rings is 2. The van der Waals surface area contributed by atoms with E-state index in [1.54, 1.807) is 12.1 Å². The zero-order chi connectivity index (χ0) is 26.7. The number of rotatable bonds is 2. The highest BCUT2D eigenvalue weighted by molar-refractivity contribution is 5.96. The fourth-order valence-electron chi connectivity index (χ4n) is 3.68. The lowest BCUT2D eigenvalue weighted by Crippen LogP contribution is -2.27. The van der Waals surface area contributed by atoms with Crippen LogP contribution in [0.15, 0.2) is 65.5 Å². The van der Waals surface area contributed by atoms with Gasteiger partial charge in [-0.15, -0.1) is 6.42 Å². The van der Waals surface area contributed by atoms with Crippen LogP contribution < -0.4 is 10.9 Å². The number of para-hydroxylation sites is 1. The largest absolute Gasteiger partial charge is 0.326 e. The van der Waals surface area contributed by atoms with Crippen LogP contribution >= 0.6 is 0 Å². The highest BCUT2D eigenvalue weighted by Gasteiger charge is 2.21. The van der Waals surface area contributed by atoms with Crippen LogP contribution in [0.5, 0.6) is 0 Å². The quantitative estimate of drug-likeness (QED) is 0.334. The van der Waals surface area contributed by atoms with Gasteiger partial charge in [-0.3, -0.25) is 19.1 Å². The van der Waals surface area contributed by atoms with Crippen molar-refractivity contribution in [1.29, 1.82) is 0 Å². The second-order valence-corrected chi connectivity index (χ2v) is 11.0. The van der Waals surface area contributed by atoms with E-state index in [9.17, 15) is 9.59 Å². The Balaban J connectivity index is 0.000000221. The Labute approximate surface area is 213 Å². The van der Waals surface area contributed by atoms with E-state index in [4.69, 9.17) is 6.42 Å². The van der Waals surface area contributed by atoms with Crippen molar-refractivity contribution in [2.24, 2.45) is 5.41 Å². The Kier molecular flexibility index (Phi) is 7.69. The van der Waals surface area contributed by atoms with Crippen molar-refractivity contribution in [2.45, 2.75) is 60.4 Å². The van der Waals surface area contributed by atoms with Crippen molar-refractivity contribution in [1.82, 2.24) is 9.55 Å². The van der Waals surface area contributed by atoms with Gasteiger partial charge in [-0.1, -0.05) is 77.8 Å². The van der Waals surface area contributed by atoms with Gasteiger partial charge in [0.05, 0.1) is 17.6 Å². The summed E-state index contributed by atoms with van der Waals surface area (Å²) in [7, 11) is 0. The molecular formula is C31H35N3O2. The van der Waals surface area contributed by atoms with Gasteiger partial charge in [0.15, 0.2) is 0 Å². The summed E-state index contributed by atoms with van der Waals surface area (Å²) in [6.07, 6.45) is 5.35. The number of aromatic nitrogens is 2. The molecule has 0 aliphatic heterocycles. The second kappa shape index (κ2) is 10.4. The number of pyridine rings is 2. The number of nitrogens with zero attached hydrogens (tertiary/aromatic N) is 2. The molecule has 5 heteroatoms. The van der Waals surface area contributed by atoms with E-state index in [0.717, 1.165) is 27.7 Å². The Morgan fingerprint density at radius 1 is 1.00 bits per heavy atom. The van der Waals surface area contributed by atoms with E-state index in [0.29, 0.717) is 5.69 Å². The van der Waals surface area contributed by atoms with E-state index >= 15 is 0 Å². The maximum absolute atomic E-state index is 12.1. The summed E-state index contributed by atoms with van der Waals surface area (Å²) in [6, 6.07) is 19.6. The molecule has 0 aliphatic rings. The van der Waals surface area contributed by atoms with Crippen LogP contribution in [0.1, 0.15) is 52.8 Å². The molecule has 4 rings (SSSR count). The second-order valence-electron chi connectivity index (χ2n) is 11.0. The average molecular weight is 482 g/mol. The van der Waals surface area contributed by atoms with Gasteiger partial charge < -0.3 is 5.32 Å². The van der Waals surface area contributed by atoms with Crippen LogP contribution in [0, 0.1) is 24.7 Å². The Bertz CT molecular complexity index is 1510. The van der Waals surface area contributed by atoms with Crippen LogP contribution in [-0.2, 0) is 16.8 Å². The monoisotopic (exact) mass is 481 g/mol. The van der Waals surface area contributed by atoms with E-state index in [1.165, 1.54) is 9.95 Å². The number of anilines is 1. The normalized spacial score (nSPS) is 11.5. The predicted molar refractivity (Wildman–Crippen MR) is 150 cm³/mol. The maximum atomic E-state index is 12.1. The number of hydrogen-bond acceptors (Lipinski definition) is 3. The molecule has 186 valence electrons. The Morgan fingerprint density at radius 3 is 2.33 bits per heavy atom. The molecule has 2 aromatic heterocycles. The first-order chi connectivity index (χ1) is 16.8. The van der Waals surface area contributed by atoms with Gasteiger partial charge in [-0.25, -0.2) is 0 Å². The lowest BCUT2D eigenvalue weighted by molar-refractivity contribution is -0.123. The van der Waals surface area contributed by atoms with E-state index in [-0.39, 0.29) is 23.4 Å². The van der Waals surface area contributed by atoms with E-state index < -0.39 is 5.41 Å². The zero-order valence-corrected chi connectivity index (χ0v) is 22.3. The molecule has 0 spiro atoms. The van der Waals surface area contributed by atoms with Gasteiger partial charge in [-0.2, -0.15) is 0 Å². The lowest BCUT2D eigenvalue weighted by Gasteiger charge is -2.18. The highest BCUT2D eigenvalue weighted by atomic mass is 16.2. The first-order valence-electron chi connectivity index (χ1n) is 12.1. The van der Waals surface area contributed by atoms with Crippen LogP contribution in [0.3, 0.4) is 0 Å². The standard InChI is InChI=1S/C18H20N2O2.C13H15N/c1-6-9-20-15-11-13(19-17(22)18(3,4)5)7-8-14(15)12(2)10-16(20)21;1-13(2,3)12-9-8-10-6-4-5-7-11(10)14-12/h1,7-8,10-11H,9H2,2-5H3,(H,19,22);4-9H,1-3H3. The summed E-state index contributed by atoms with van der Waals surface area (Å²) in [5, 5.41) is 5.03. The molecule has 0 saturated heterocycles. The van der Waals surface area contributed by atoms with Crippen LogP contribution in [0.2, 0.25) is 0 Å². The molecule has 1 amide bonds. The molecule has 36 heavy (non-hydrogen) atoms. The minimum Gasteiger partial charge on any atom is -0.326 e. The third-order valence-corrected chi connectivity index (χ3v) is 5.87. The zero-order valence-electron chi connectivity index (χ0n) is 22.3. The topological polar surface area (TPSA) is 64.0 Å². The number of carbonyl (C=O) groups excluding carboxylic acids is 1. The fraction of sp³-hybridized carbons (Fsp3) is 0.323. The van der Waals surface area contributed by atoms with E-state index in [1.807, 2.05) is 52.0 Å². The number of carbonyl (C=O) groups is 1. The number of hydrogen-bond donors (Lipinski definition) is 1. The van der Waals surface area contributed by atoms with Gasteiger partial charge >= 0.3 is 0 Å². The van der Waals surface area contributed by atoms with Crippen molar-refractivity contribution < 1.29 is 4.79 Å². The molecule has 0 aliphatic carbocycles. The number of aryl methyl sites for hydroxylation is 1. The minimum atomic E-state index is -0.486. The van der Waals surface area contributed by atoms with Crippen LogP contribution in [-0.4, -0.2) is 15.5 Å². The van der Waals surface area contributed by atoms with Crippen LogP contribution in [0.25, 0.3) is 21.8 Å². The summed E-state index contributed by atoms with van der Waals surface area (Å²) in [4.78, 5) is 28.9. The van der Waals surface area contributed by atoms with Crippen molar-refractivity contribution in [3.8, 4) is 12.3 Å². The third-order valence-electron chi connectivity index (χ3n) is 5.87. The van der Waals surface area contributed by atoms with Gasteiger partial charge in [0.25, 0.3) is 5.56 Å². The van der Waals surface area contributed by atoms with Crippen molar-refractivity contribution in [2.75, 3.05) is 5.32 Å². The minimum absolute atomic E-state index is 0.0784. The summed E-state index contributed by atoms with van der Waals surface area (Å²) in [5.74, 6) is 2.42. The Hall–Kier alpha value is -3.91.